The minimum Gasteiger partial charge on any atom is -0.434 e. The van der Waals surface area contributed by atoms with Gasteiger partial charge >= 0.3 is 6.61 Å². The lowest BCUT2D eigenvalue weighted by molar-refractivity contribution is -0.0504. The van der Waals surface area contributed by atoms with E-state index in [9.17, 15) is 13.9 Å². The van der Waals surface area contributed by atoms with E-state index in [1.54, 1.807) is 12.1 Å². The Bertz CT molecular complexity index is 561. The molecule has 1 aromatic rings. The maximum atomic E-state index is 12.5. The fourth-order valence-electron chi connectivity index (χ4n) is 2.14. The molecule has 142 valence electrons. The summed E-state index contributed by atoms with van der Waals surface area (Å²) in [5.41, 5.74) is 1.30. The van der Waals surface area contributed by atoms with Crippen LogP contribution in [0.5, 0.6) is 5.75 Å². The summed E-state index contributed by atoms with van der Waals surface area (Å²) < 4.78 is 29.7. The molecule has 0 saturated carbocycles. The van der Waals surface area contributed by atoms with Crippen LogP contribution in [0.4, 0.5) is 8.78 Å². The molecule has 0 aromatic heterocycles. The van der Waals surface area contributed by atoms with Gasteiger partial charge in [-0.2, -0.15) is 8.78 Å². The van der Waals surface area contributed by atoms with Crippen molar-refractivity contribution in [2.45, 2.75) is 47.3 Å². The molecule has 0 saturated heterocycles. The standard InChI is InChI=1S/C18H29F2N3O2/c1-5-18(4,12-24)11-23-17(21-6-2)22-10-14-9-13(3)7-8-15(14)25-16(19)20/h7-9,16,24H,5-6,10-12H2,1-4H3,(H2,21,22,23). The Hall–Kier alpha value is -1.89. The van der Waals surface area contributed by atoms with Crippen molar-refractivity contribution in [3.05, 3.63) is 29.3 Å². The summed E-state index contributed by atoms with van der Waals surface area (Å²) in [5, 5.41) is 15.8. The summed E-state index contributed by atoms with van der Waals surface area (Å²) in [5.74, 6) is 0.703. The summed E-state index contributed by atoms with van der Waals surface area (Å²) in [7, 11) is 0. The molecule has 0 aliphatic heterocycles. The quantitative estimate of drug-likeness (QED) is 0.469. The van der Waals surface area contributed by atoms with E-state index in [0.29, 0.717) is 24.6 Å². The van der Waals surface area contributed by atoms with Crippen LogP contribution in [0, 0.1) is 12.3 Å². The van der Waals surface area contributed by atoms with Crippen molar-refractivity contribution in [3.8, 4) is 5.75 Å². The number of aryl methyl sites for hydroxylation is 1. The van der Waals surface area contributed by atoms with Gasteiger partial charge in [0, 0.05) is 24.1 Å². The zero-order valence-electron chi connectivity index (χ0n) is 15.4. The molecule has 7 heteroatoms. The molecule has 3 N–H and O–H groups in total. The highest BCUT2D eigenvalue weighted by Crippen LogP contribution is 2.23. The van der Waals surface area contributed by atoms with Crippen LogP contribution in [-0.4, -0.2) is 37.4 Å². The predicted molar refractivity (Wildman–Crippen MR) is 96.1 cm³/mol. The maximum absolute atomic E-state index is 12.5. The van der Waals surface area contributed by atoms with Crippen LogP contribution >= 0.6 is 0 Å². The van der Waals surface area contributed by atoms with Gasteiger partial charge in [-0.3, -0.25) is 0 Å². The number of nitrogens with zero attached hydrogens (tertiary/aromatic N) is 1. The third-order valence-corrected chi connectivity index (χ3v) is 4.10. The van der Waals surface area contributed by atoms with Crippen LogP contribution in [0.3, 0.4) is 0 Å². The Balaban J connectivity index is 2.88. The molecule has 1 aromatic carbocycles. The Morgan fingerprint density at radius 2 is 2.04 bits per heavy atom. The van der Waals surface area contributed by atoms with Gasteiger partial charge in [0.25, 0.3) is 0 Å². The first kappa shape index (κ1) is 21.2. The molecule has 0 aliphatic carbocycles. The normalized spacial score (nSPS) is 14.3. The van der Waals surface area contributed by atoms with Crippen LogP contribution < -0.4 is 15.4 Å². The first-order valence-electron chi connectivity index (χ1n) is 8.51. The molecule has 0 radical (unpaired) electrons. The number of rotatable bonds is 9. The molecular formula is C18H29F2N3O2. The second kappa shape index (κ2) is 10.2. The van der Waals surface area contributed by atoms with Gasteiger partial charge < -0.3 is 20.5 Å². The third-order valence-electron chi connectivity index (χ3n) is 4.10. The van der Waals surface area contributed by atoms with E-state index in [2.05, 4.69) is 20.4 Å². The minimum atomic E-state index is -2.87. The van der Waals surface area contributed by atoms with Crippen molar-refractivity contribution in [2.75, 3.05) is 19.7 Å². The fourth-order valence-corrected chi connectivity index (χ4v) is 2.14. The van der Waals surface area contributed by atoms with Gasteiger partial charge in [0.1, 0.15) is 5.75 Å². The smallest absolute Gasteiger partial charge is 0.387 e. The first-order valence-corrected chi connectivity index (χ1v) is 8.51. The first-order chi connectivity index (χ1) is 11.8. The van der Waals surface area contributed by atoms with Gasteiger partial charge in [-0.1, -0.05) is 31.5 Å². The topological polar surface area (TPSA) is 65.9 Å². The van der Waals surface area contributed by atoms with Crippen LogP contribution in [-0.2, 0) is 6.54 Å². The number of alkyl halides is 2. The van der Waals surface area contributed by atoms with E-state index >= 15 is 0 Å². The zero-order chi connectivity index (χ0) is 18.9. The highest BCUT2D eigenvalue weighted by molar-refractivity contribution is 5.79. The molecule has 0 spiro atoms. The average molecular weight is 357 g/mol. The number of aliphatic hydroxyl groups is 1. The Labute approximate surface area is 148 Å². The monoisotopic (exact) mass is 357 g/mol. The number of benzene rings is 1. The number of aliphatic hydroxyl groups excluding tert-OH is 1. The minimum absolute atomic E-state index is 0.0696. The van der Waals surface area contributed by atoms with Crippen LogP contribution in [0.2, 0.25) is 0 Å². The Morgan fingerprint density at radius 3 is 2.60 bits per heavy atom. The lowest BCUT2D eigenvalue weighted by Gasteiger charge is -2.26. The highest BCUT2D eigenvalue weighted by Gasteiger charge is 2.21. The SMILES string of the molecule is CCNC(=NCc1cc(C)ccc1OC(F)F)NCC(C)(CC)CO. The van der Waals surface area contributed by atoms with Crippen LogP contribution in [0.25, 0.3) is 0 Å². The molecule has 0 heterocycles. The van der Waals surface area contributed by atoms with E-state index < -0.39 is 6.61 Å². The number of aliphatic imine (C=N–C) groups is 1. The lowest BCUT2D eigenvalue weighted by Crippen LogP contribution is -2.43. The number of halogens is 2. The van der Waals surface area contributed by atoms with E-state index in [-0.39, 0.29) is 24.3 Å². The summed E-state index contributed by atoms with van der Waals surface area (Å²) >= 11 is 0. The van der Waals surface area contributed by atoms with Crippen molar-refractivity contribution in [1.29, 1.82) is 0 Å². The summed E-state index contributed by atoms with van der Waals surface area (Å²) in [4.78, 5) is 4.45. The largest absolute Gasteiger partial charge is 0.434 e. The number of ether oxygens (including phenoxy) is 1. The molecule has 1 atom stereocenters. The number of hydrogen-bond donors (Lipinski definition) is 3. The van der Waals surface area contributed by atoms with Crippen LogP contribution in [0.15, 0.2) is 23.2 Å². The zero-order valence-corrected chi connectivity index (χ0v) is 15.4. The molecule has 1 unspecified atom stereocenters. The van der Waals surface area contributed by atoms with E-state index in [1.165, 1.54) is 6.07 Å². The molecule has 0 fully saturated rings. The van der Waals surface area contributed by atoms with Crippen molar-refractivity contribution < 1.29 is 18.6 Å². The lowest BCUT2D eigenvalue weighted by atomic mass is 9.89. The summed E-state index contributed by atoms with van der Waals surface area (Å²) in [6, 6.07) is 5.05. The second-order valence-corrected chi connectivity index (χ2v) is 6.36. The fraction of sp³-hybridized carbons (Fsp3) is 0.611. The average Bonchev–Trinajstić information content (AvgIpc) is 2.58. The van der Waals surface area contributed by atoms with E-state index in [4.69, 9.17) is 0 Å². The van der Waals surface area contributed by atoms with Gasteiger partial charge in [0.15, 0.2) is 5.96 Å². The maximum Gasteiger partial charge on any atom is 0.387 e. The summed E-state index contributed by atoms with van der Waals surface area (Å²) in [6.45, 7) is 6.47. The van der Waals surface area contributed by atoms with Crippen molar-refractivity contribution >= 4 is 5.96 Å². The predicted octanol–water partition coefficient (Wildman–Crippen LogP) is 3.06. The number of nitrogens with one attached hydrogen (secondary N) is 2. The Kier molecular flexibility index (Phi) is 8.61. The van der Waals surface area contributed by atoms with E-state index in [0.717, 1.165) is 12.0 Å². The van der Waals surface area contributed by atoms with E-state index in [1.807, 2.05) is 27.7 Å². The van der Waals surface area contributed by atoms with Crippen molar-refractivity contribution in [2.24, 2.45) is 10.4 Å². The number of guanidine groups is 1. The molecule has 0 amide bonds. The Morgan fingerprint density at radius 1 is 1.32 bits per heavy atom. The van der Waals surface area contributed by atoms with Gasteiger partial charge in [-0.05, 0) is 26.3 Å². The van der Waals surface area contributed by atoms with Crippen LogP contribution in [0.1, 0.15) is 38.3 Å². The molecular weight excluding hydrogens is 328 g/mol. The molecule has 0 bridgehead atoms. The third kappa shape index (κ3) is 7.25. The second-order valence-electron chi connectivity index (χ2n) is 6.36. The molecule has 5 nitrogen and oxygen atoms in total. The van der Waals surface area contributed by atoms with Crippen molar-refractivity contribution in [1.82, 2.24) is 10.6 Å². The van der Waals surface area contributed by atoms with Gasteiger partial charge in [0.05, 0.1) is 13.2 Å². The van der Waals surface area contributed by atoms with Gasteiger partial charge in [-0.25, -0.2) is 4.99 Å². The van der Waals surface area contributed by atoms with Gasteiger partial charge in [-0.15, -0.1) is 0 Å². The van der Waals surface area contributed by atoms with Gasteiger partial charge in [0.2, 0.25) is 0 Å². The molecule has 1 rings (SSSR count). The summed E-state index contributed by atoms with van der Waals surface area (Å²) in [6.07, 6.45) is 0.820. The van der Waals surface area contributed by atoms with Crippen molar-refractivity contribution in [3.63, 3.8) is 0 Å². The number of hydrogen-bond acceptors (Lipinski definition) is 3. The molecule has 0 aliphatic rings. The highest BCUT2D eigenvalue weighted by atomic mass is 19.3. The molecule has 25 heavy (non-hydrogen) atoms.